The van der Waals surface area contributed by atoms with Crippen LogP contribution in [-0.4, -0.2) is 30.4 Å². The van der Waals surface area contributed by atoms with E-state index in [0.29, 0.717) is 18.4 Å². The summed E-state index contributed by atoms with van der Waals surface area (Å²) in [5.41, 5.74) is 5.74. The van der Waals surface area contributed by atoms with Gasteiger partial charge in [-0.15, -0.1) is 0 Å². The Morgan fingerprint density at radius 3 is 2.44 bits per heavy atom. The van der Waals surface area contributed by atoms with Crippen LogP contribution in [0.1, 0.15) is 46.0 Å². The van der Waals surface area contributed by atoms with Crippen LogP contribution in [0.3, 0.4) is 0 Å². The number of nitrogens with two attached hydrogens (primary N) is 1. The van der Waals surface area contributed by atoms with Gasteiger partial charge in [-0.25, -0.2) is 0 Å². The predicted octanol–water partition coefficient (Wildman–Crippen LogP) is 2.01. The van der Waals surface area contributed by atoms with Gasteiger partial charge in [0.2, 0.25) is 5.91 Å². The van der Waals surface area contributed by atoms with Crippen molar-refractivity contribution in [3.63, 3.8) is 0 Å². The van der Waals surface area contributed by atoms with Crippen molar-refractivity contribution in [1.82, 2.24) is 4.90 Å². The van der Waals surface area contributed by atoms with Gasteiger partial charge in [0.25, 0.3) is 0 Å². The number of likely N-dealkylation sites (tertiary alicyclic amines) is 1. The highest BCUT2D eigenvalue weighted by Crippen LogP contribution is 2.19. The third-order valence-electron chi connectivity index (χ3n) is 3.69. The fraction of sp³-hybridized carbons (Fsp3) is 0.923. The van der Waals surface area contributed by atoms with Gasteiger partial charge >= 0.3 is 0 Å². The van der Waals surface area contributed by atoms with Gasteiger partial charge in [0, 0.05) is 19.6 Å². The first-order valence-corrected chi connectivity index (χ1v) is 6.67. The molecule has 0 aliphatic carbocycles. The van der Waals surface area contributed by atoms with E-state index in [9.17, 15) is 4.79 Å². The Balaban J connectivity index is 2.47. The number of hydrogen-bond donors (Lipinski definition) is 1. The van der Waals surface area contributed by atoms with Gasteiger partial charge in [-0.2, -0.15) is 0 Å². The van der Waals surface area contributed by atoms with Crippen molar-refractivity contribution in [1.29, 1.82) is 0 Å². The summed E-state index contributed by atoms with van der Waals surface area (Å²) in [6.07, 6.45) is 5.66. The topological polar surface area (TPSA) is 46.3 Å². The smallest absolute Gasteiger partial charge is 0.226 e. The molecule has 1 saturated heterocycles. The second kappa shape index (κ2) is 6.89. The Hall–Kier alpha value is -0.570. The molecule has 1 aliphatic heterocycles. The largest absolute Gasteiger partial charge is 0.342 e. The summed E-state index contributed by atoms with van der Waals surface area (Å²) in [6.45, 7) is 6.75. The molecule has 0 spiro atoms. The summed E-state index contributed by atoms with van der Waals surface area (Å²) in [5.74, 6) is 0.942. The van der Waals surface area contributed by atoms with E-state index in [-0.39, 0.29) is 5.92 Å². The zero-order valence-corrected chi connectivity index (χ0v) is 10.7. The first-order valence-electron chi connectivity index (χ1n) is 6.67. The number of rotatable bonds is 5. The zero-order valence-electron chi connectivity index (χ0n) is 10.7. The van der Waals surface area contributed by atoms with Crippen LogP contribution in [-0.2, 0) is 4.79 Å². The summed E-state index contributed by atoms with van der Waals surface area (Å²) in [7, 11) is 0. The van der Waals surface area contributed by atoms with Crippen LogP contribution < -0.4 is 5.73 Å². The normalized spacial score (nSPS) is 20.6. The number of carbonyl (C=O) groups excluding carboxylic acids is 1. The fourth-order valence-corrected chi connectivity index (χ4v) is 2.32. The second-order valence-corrected chi connectivity index (χ2v) is 5.07. The highest BCUT2D eigenvalue weighted by atomic mass is 16.2. The second-order valence-electron chi connectivity index (χ2n) is 5.07. The SMILES string of the molecule is CCC(C)CC(CN)C(=O)N1CCCCC1. The minimum atomic E-state index is 0.0491. The number of piperidine rings is 1. The molecular weight excluding hydrogens is 200 g/mol. The van der Waals surface area contributed by atoms with Gasteiger partial charge < -0.3 is 10.6 Å². The van der Waals surface area contributed by atoms with Crippen LogP contribution in [0.5, 0.6) is 0 Å². The number of amides is 1. The summed E-state index contributed by atoms with van der Waals surface area (Å²) in [5, 5.41) is 0. The van der Waals surface area contributed by atoms with Crippen molar-refractivity contribution in [2.45, 2.75) is 46.0 Å². The molecule has 0 radical (unpaired) electrons. The van der Waals surface area contributed by atoms with Crippen molar-refractivity contribution < 1.29 is 4.79 Å². The molecule has 0 bridgehead atoms. The molecule has 2 unspecified atom stereocenters. The fourth-order valence-electron chi connectivity index (χ4n) is 2.32. The van der Waals surface area contributed by atoms with E-state index in [1.807, 2.05) is 4.90 Å². The van der Waals surface area contributed by atoms with E-state index in [0.717, 1.165) is 38.8 Å². The maximum atomic E-state index is 12.2. The van der Waals surface area contributed by atoms with Crippen molar-refractivity contribution in [3.05, 3.63) is 0 Å². The van der Waals surface area contributed by atoms with Gasteiger partial charge in [-0.05, 0) is 31.6 Å². The quantitative estimate of drug-likeness (QED) is 0.779. The van der Waals surface area contributed by atoms with E-state index < -0.39 is 0 Å². The van der Waals surface area contributed by atoms with E-state index in [1.54, 1.807) is 0 Å². The first kappa shape index (κ1) is 13.5. The maximum absolute atomic E-state index is 12.2. The Morgan fingerprint density at radius 1 is 1.31 bits per heavy atom. The van der Waals surface area contributed by atoms with Crippen molar-refractivity contribution in [3.8, 4) is 0 Å². The summed E-state index contributed by atoms with van der Waals surface area (Å²) in [6, 6.07) is 0. The molecular formula is C13H26N2O. The molecule has 2 N–H and O–H groups in total. The van der Waals surface area contributed by atoms with Crippen LogP contribution in [0.25, 0.3) is 0 Å². The zero-order chi connectivity index (χ0) is 12.0. The molecule has 0 aromatic heterocycles. The molecule has 1 rings (SSSR count). The van der Waals surface area contributed by atoms with Crippen LogP contribution in [0.15, 0.2) is 0 Å². The molecule has 0 aromatic rings. The van der Waals surface area contributed by atoms with E-state index >= 15 is 0 Å². The Labute approximate surface area is 99.4 Å². The standard InChI is InChI=1S/C13H26N2O/c1-3-11(2)9-12(10-14)13(16)15-7-5-4-6-8-15/h11-12H,3-10,14H2,1-2H3. The predicted molar refractivity (Wildman–Crippen MR) is 67.0 cm³/mol. The van der Waals surface area contributed by atoms with Crippen LogP contribution in [0, 0.1) is 11.8 Å². The molecule has 1 aliphatic rings. The molecule has 94 valence electrons. The van der Waals surface area contributed by atoms with Crippen LogP contribution in [0.2, 0.25) is 0 Å². The molecule has 16 heavy (non-hydrogen) atoms. The highest BCUT2D eigenvalue weighted by Gasteiger charge is 2.25. The lowest BCUT2D eigenvalue weighted by Gasteiger charge is -2.30. The molecule has 3 heteroatoms. The average Bonchev–Trinajstić information content (AvgIpc) is 2.35. The average molecular weight is 226 g/mol. The monoisotopic (exact) mass is 226 g/mol. The van der Waals surface area contributed by atoms with E-state index in [2.05, 4.69) is 13.8 Å². The Bertz CT molecular complexity index is 212. The van der Waals surface area contributed by atoms with Gasteiger partial charge in [0.05, 0.1) is 5.92 Å². The molecule has 0 aromatic carbocycles. The van der Waals surface area contributed by atoms with E-state index in [1.165, 1.54) is 6.42 Å². The van der Waals surface area contributed by atoms with E-state index in [4.69, 9.17) is 5.73 Å². The third kappa shape index (κ3) is 3.78. The van der Waals surface area contributed by atoms with Gasteiger partial charge in [0.1, 0.15) is 0 Å². The molecule has 3 nitrogen and oxygen atoms in total. The third-order valence-corrected chi connectivity index (χ3v) is 3.69. The van der Waals surface area contributed by atoms with Gasteiger partial charge in [0.15, 0.2) is 0 Å². The molecule has 1 amide bonds. The molecule has 0 saturated carbocycles. The van der Waals surface area contributed by atoms with Gasteiger partial charge in [-0.1, -0.05) is 20.3 Å². The first-order chi connectivity index (χ1) is 7.69. The lowest BCUT2D eigenvalue weighted by molar-refractivity contribution is -0.136. The Morgan fingerprint density at radius 2 is 1.94 bits per heavy atom. The lowest BCUT2D eigenvalue weighted by Crippen LogP contribution is -2.42. The van der Waals surface area contributed by atoms with Gasteiger partial charge in [-0.3, -0.25) is 4.79 Å². The van der Waals surface area contributed by atoms with Crippen molar-refractivity contribution >= 4 is 5.91 Å². The van der Waals surface area contributed by atoms with Crippen molar-refractivity contribution in [2.24, 2.45) is 17.6 Å². The number of carbonyl (C=O) groups is 1. The minimum absolute atomic E-state index is 0.0491. The molecule has 1 heterocycles. The number of nitrogens with zero attached hydrogens (tertiary/aromatic N) is 1. The van der Waals surface area contributed by atoms with Crippen LogP contribution >= 0.6 is 0 Å². The summed E-state index contributed by atoms with van der Waals surface area (Å²) < 4.78 is 0. The lowest BCUT2D eigenvalue weighted by atomic mass is 9.92. The molecule has 1 fully saturated rings. The Kier molecular flexibility index (Phi) is 5.81. The maximum Gasteiger partial charge on any atom is 0.226 e. The number of hydrogen-bond acceptors (Lipinski definition) is 2. The summed E-state index contributed by atoms with van der Waals surface area (Å²) >= 11 is 0. The highest BCUT2D eigenvalue weighted by molar-refractivity contribution is 5.79. The van der Waals surface area contributed by atoms with Crippen molar-refractivity contribution in [2.75, 3.05) is 19.6 Å². The minimum Gasteiger partial charge on any atom is -0.342 e. The van der Waals surface area contributed by atoms with Crippen LogP contribution in [0.4, 0.5) is 0 Å². The summed E-state index contributed by atoms with van der Waals surface area (Å²) in [4.78, 5) is 14.2. The molecule has 2 atom stereocenters.